The highest BCUT2D eigenvalue weighted by molar-refractivity contribution is 7.80. The monoisotopic (exact) mass is 524 g/mol. The molecule has 4 rings (SSSR count). The van der Waals surface area contributed by atoms with E-state index >= 15 is 0 Å². The number of piperidine rings is 1. The lowest BCUT2D eigenvalue weighted by Gasteiger charge is -2.36. The van der Waals surface area contributed by atoms with Crippen LogP contribution < -0.4 is 20.4 Å². The molecule has 2 amide bonds. The number of rotatable bonds is 6. The van der Waals surface area contributed by atoms with E-state index in [4.69, 9.17) is 12.2 Å². The minimum atomic E-state index is -0.504. The fraction of sp³-hybridized carbons (Fsp3) is 0.423. The van der Waals surface area contributed by atoms with Crippen LogP contribution in [0.2, 0.25) is 0 Å². The second-order valence-electron chi connectivity index (χ2n) is 9.18. The number of piperazine rings is 1. The van der Waals surface area contributed by atoms with Gasteiger partial charge in [0.1, 0.15) is 0 Å². The fourth-order valence-corrected chi connectivity index (χ4v) is 4.97. The Morgan fingerprint density at radius 2 is 1.62 bits per heavy atom. The van der Waals surface area contributed by atoms with Crippen molar-refractivity contribution in [3.63, 3.8) is 0 Å². The number of carbonyl (C=O) groups excluding carboxylic acids is 2. The molecule has 0 spiro atoms. The number of non-ortho nitro benzene ring substituents is 1. The van der Waals surface area contributed by atoms with Gasteiger partial charge in [-0.25, -0.2) is 0 Å². The Bertz CT molecular complexity index is 1160. The van der Waals surface area contributed by atoms with E-state index in [1.165, 1.54) is 12.1 Å². The Labute approximate surface area is 221 Å². The van der Waals surface area contributed by atoms with Crippen LogP contribution in [0.25, 0.3) is 0 Å². The van der Waals surface area contributed by atoms with E-state index in [9.17, 15) is 19.7 Å². The van der Waals surface area contributed by atoms with Gasteiger partial charge in [0.2, 0.25) is 5.91 Å². The van der Waals surface area contributed by atoms with Gasteiger partial charge in [-0.05, 0) is 61.8 Å². The van der Waals surface area contributed by atoms with Crippen LogP contribution in [0.1, 0.15) is 43.0 Å². The van der Waals surface area contributed by atoms with Gasteiger partial charge in [0.25, 0.3) is 11.6 Å². The molecule has 37 heavy (non-hydrogen) atoms. The van der Waals surface area contributed by atoms with Gasteiger partial charge in [-0.15, -0.1) is 0 Å². The summed E-state index contributed by atoms with van der Waals surface area (Å²) in [7, 11) is 0. The van der Waals surface area contributed by atoms with Gasteiger partial charge in [0, 0.05) is 69.2 Å². The van der Waals surface area contributed by atoms with Crippen molar-refractivity contribution in [1.82, 2.24) is 10.2 Å². The van der Waals surface area contributed by atoms with E-state index in [0.717, 1.165) is 51.1 Å². The van der Waals surface area contributed by atoms with Crippen molar-refractivity contribution < 1.29 is 14.5 Å². The lowest BCUT2D eigenvalue weighted by atomic mass is 10.1. The van der Waals surface area contributed by atoms with Gasteiger partial charge < -0.3 is 20.0 Å². The van der Waals surface area contributed by atoms with Crippen molar-refractivity contribution in [2.24, 2.45) is 0 Å². The number of nitro benzene ring substituents is 1. The van der Waals surface area contributed by atoms with Crippen LogP contribution in [0.15, 0.2) is 42.5 Å². The van der Waals surface area contributed by atoms with E-state index < -0.39 is 10.8 Å². The van der Waals surface area contributed by atoms with Crippen LogP contribution in [0.3, 0.4) is 0 Å². The van der Waals surface area contributed by atoms with Crippen molar-refractivity contribution in [3.05, 3.63) is 58.1 Å². The molecule has 0 aliphatic carbocycles. The van der Waals surface area contributed by atoms with Gasteiger partial charge in [-0.3, -0.25) is 25.0 Å². The molecular formula is C26H32N6O4S. The topological polar surface area (TPSA) is 111 Å². The zero-order valence-electron chi connectivity index (χ0n) is 20.9. The van der Waals surface area contributed by atoms with Crippen molar-refractivity contribution >= 4 is 51.9 Å². The van der Waals surface area contributed by atoms with Crippen LogP contribution in [-0.4, -0.2) is 66.0 Å². The number of nitrogens with zero attached hydrogens (tertiary/aromatic N) is 4. The van der Waals surface area contributed by atoms with Gasteiger partial charge >= 0.3 is 0 Å². The van der Waals surface area contributed by atoms with Crippen molar-refractivity contribution in [1.29, 1.82) is 0 Å². The molecule has 2 saturated heterocycles. The first-order chi connectivity index (χ1) is 17.9. The summed E-state index contributed by atoms with van der Waals surface area (Å²) >= 11 is 5.36. The SMILES string of the molecule is CCC(=O)N1CCN(c2ccc(NC(=S)NC(=O)c3cc([N+](=O)[O-])ccc3N3CCCCC3)cc2)CC1. The summed E-state index contributed by atoms with van der Waals surface area (Å²) in [5.74, 6) is -0.305. The zero-order valence-corrected chi connectivity index (χ0v) is 21.8. The molecule has 2 fully saturated rings. The molecule has 10 nitrogen and oxygen atoms in total. The quantitative estimate of drug-likeness (QED) is 0.334. The van der Waals surface area contributed by atoms with Crippen LogP contribution in [0, 0.1) is 10.1 Å². The van der Waals surface area contributed by atoms with E-state index in [1.807, 2.05) is 36.1 Å². The van der Waals surface area contributed by atoms with E-state index in [2.05, 4.69) is 20.4 Å². The number of anilines is 3. The summed E-state index contributed by atoms with van der Waals surface area (Å²) in [6.07, 6.45) is 3.69. The summed E-state index contributed by atoms with van der Waals surface area (Å²) in [6.45, 7) is 6.45. The van der Waals surface area contributed by atoms with E-state index in [1.54, 1.807) is 6.07 Å². The molecule has 11 heteroatoms. The fourth-order valence-electron chi connectivity index (χ4n) is 4.76. The first kappa shape index (κ1) is 26.3. The molecule has 2 N–H and O–H groups in total. The Morgan fingerprint density at radius 1 is 0.946 bits per heavy atom. The van der Waals surface area contributed by atoms with Crippen LogP contribution >= 0.6 is 12.2 Å². The highest BCUT2D eigenvalue weighted by Crippen LogP contribution is 2.28. The standard InChI is InChI=1S/C26H32N6O4S/c1-2-24(33)31-16-14-29(15-17-31)20-8-6-19(7-9-20)27-26(37)28-25(34)22-18-21(32(35)36)10-11-23(22)30-12-4-3-5-13-30/h6-11,18H,2-5,12-17H2,1H3,(H2,27,28,34,37). The average molecular weight is 525 g/mol. The third-order valence-electron chi connectivity index (χ3n) is 6.78. The van der Waals surface area contributed by atoms with Crippen molar-refractivity contribution in [2.75, 3.05) is 54.4 Å². The summed E-state index contributed by atoms with van der Waals surface area (Å²) < 4.78 is 0. The van der Waals surface area contributed by atoms with E-state index in [0.29, 0.717) is 30.9 Å². The van der Waals surface area contributed by atoms with Crippen LogP contribution in [0.4, 0.5) is 22.7 Å². The third-order valence-corrected chi connectivity index (χ3v) is 6.99. The zero-order chi connectivity index (χ0) is 26.4. The normalized spacial score (nSPS) is 15.8. The highest BCUT2D eigenvalue weighted by Gasteiger charge is 2.23. The number of benzene rings is 2. The van der Waals surface area contributed by atoms with Gasteiger partial charge in [-0.1, -0.05) is 6.92 Å². The van der Waals surface area contributed by atoms with Crippen molar-refractivity contribution in [3.8, 4) is 0 Å². The maximum absolute atomic E-state index is 13.1. The molecule has 196 valence electrons. The predicted octanol–water partition coefficient (Wildman–Crippen LogP) is 3.77. The molecule has 2 heterocycles. The summed E-state index contributed by atoms with van der Waals surface area (Å²) in [5.41, 5.74) is 2.53. The summed E-state index contributed by atoms with van der Waals surface area (Å²) in [6, 6.07) is 12.1. The predicted molar refractivity (Wildman–Crippen MR) is 148 cm³/mol. The molecule has 0 aromatic heterocycles. The largest absolute Gasteiger partial charge is 0.371 e. The molecule has 0 unspecified atom stereocenters. The second-order valence-corrected chi connectivity index (χ2v) is 9.59. The molecule has 0 radical (unpaired) electrons. The lowest BCUT2D eigenvalue weighted by molar-refractivity contribution is -0.384. The number of amides is 2. The Hall–Kier alpha value is -3.73. The van der Waals surface area contributed by atoms with E-state index in [-0.39, 0.29) is 22.3 Å². The molecule has 2 aromatic carbocycles. The molecule has 2 aromatic rings. The molecule has 0 bridgehead atoms. The number of nitro groups is 1. The molecule has 2 aliphatic heterocycles. The highest BCUT2D eigenvalue weighted by atomic mass is 32.1. The Kier molecular flexibility index (Phi) is 8.54. The molecule has 0 atom stereocenters. The number of hydrogen-bond acceptors (Lipinski definition) is 7. The van der Waals surface area contributed by atoms with Gasteiger partial charge in [-0.2, -0.15) is 0 Å². The molecular weight excluding hydrogens is 492 g/mol. The summed E-state index contributed by atoms with van der Waals surface area (Å²) in [4.78, 5) is 42.1. The first-order valence-electron chi connectivity index (χ1n) is 12.6. The number of thiocarbonyl (C=S) groups is 1. The second kappa shape index (κ2) is 12.0. The molecule has 0 saturated carbocycles. The maximum atomic E-state index is 13.1. The summed E-state index contributed by atoms with van der Waals surface area (Å²) in [5, 5.41) is 17.1. The smallest absolute Gasteiger partial charge is 0.270 e. The van der Waals surface area contributed by atoms with Gasteiger partial charge in [0.15, 0.2) is 5.11 Å². The number of hydrogen-bond donors (Lipinski definition) is 2. The maximum Gasteiger partial charge on any atom is 0.270 e. The Morgan fingerprint density at radius 3 is 2.24 bits per heavy atom. The van der Waals surface area contributed by atoms with Crippen LogP contribution in [-0.2, 0) is 4.79 Å². The first-order valence-corrected chi connectivity index (χ1v) is 13.0. The average Bonchev–Trinajstić information content (AvgIpc) is 2.93. The minimum absolute atomic E-state index is 0.112. The third kappa shape index (κ3) is 6.53. The van der Waals surface area contributed by atoms with Crippen molar-refractivity contribution in [2.45, 2.75) is 32.6 Å². The lowest BCUT2D eigenvalue weighted by Crippen LogP contribution is -2.48. The Balaban J connectivity index is 1.38. The number of carbonyl (C=O) groups is 2. The molecule has 2 aliphatic rings. The number of nitrogens with one attached hydrogen (secondary N) is 2. The van der Waals surface area contributed by atoms with Crippen LogP contribution in [0.5, 0.6) is 0 Å². The van der Waals surface area contributed by atoms with Gasteiger partial charge in [0.05, 0.1) is 16.2 Å². The minimum Gasteiger partial charge on any atom is -0.371 e.